The predicted molar refractivity (Wildman–Crippen MR) is 113 cm³/mol. The van der Waals surface area contributed by atoms with Gasteiger partial charge in [0.25, 0.3) is 0 Å². The maximum atomic E-state index is 13.1. The molecular formula is C21H31N7O3. The standard InChI is InChI=1S/C21H31N7O3/c1-15(2)20-23-18(31-24-20)6-7-19(29)27-11-9-26(10-12-27)17-5-4-8-28(21(17)30)16-13-22-25(3)14-16/h13-15,17H,4-12H2,1-3H3. The highest BCUT2D eigenvalue weighted by Crippen LogP contribution is 2.24. The molecule has 1 atom stereocenters. The van der Waals surface area contributed by atoms with E-state index in [9.17, 15) is 9.59 Å². The molecule has 2 amide bonds. The molecule has 31 heavy (non-hydrogen) atoms. The molecule has 2 aromatic rings. The van der Waals surface area contributed by atoms with Crippen molar-refractivity contribution in [2.45, 2.75) is 51.5 Å². The van der Waals surface area contributed by atoms with Crippen LogP contribution in [0.5, 0.6) is 0 Å². The largest absolute Gasteiger partial charge is 0.340 e. The summed E-state index contributed by atoms with van der Waals surface area (Å²) in [6, 6.07) is -0.126. The Bertz CT molecular complexity index is 914. The number of carbonyl (C=O) groups excluding carboxylic acids is 2. The molecule has 4 rings (SSSR count). The number of hydrogen-bond donors (Lipinski definition) is 0. The van der Waals surface area contributed by atoms with E-state index in [1.54, 1.807) is 10.9 Å². The van der Waals surface area contributed by atoms with Crippen LogP contribution in [0.3, 0.4) is 0 Å². The van der Waals surface area contributed by atoms with E-state index in [0.29, 0.717) is 50.7 Å². The normalized spacial score (nSPS) is 20.6. The highest BCUT2D eigenvalue weighted by molar-refractivity contribution is 5.97. The molecule has 10 nitrogen and oxygen atoms in total. The van der Waals surface area contributed by atoms with Crippen LogP contribution >= 0.6 is 0 Å². The molecule has 1 unspecified atom stereocenters. The molecule has 2 saturated heterocycles. The van der Waals surface area contributed by atoms with Crippen molar-refractivity contribution in [3.05, 3.63) is 24.1 Å². The molecule has 10 heteroatoms. The Labute approximate surface area is 182 Å². The van der Waals surface area contributed by atoms with Crippen LogP contribution in [0.4, 0.5) is 5.69 Å². The summed E-state index contributed by atoms with van der Waals surface area (Å²) in [5.74, 6) is 1.62. The Balaban J connectivity index is 1.27. The fourth-order valence-electron chi connectivity index (χ4n) is 4.26. The lowest BCUT2D eigenvalue weighted by Crippen LogP contribution is -2.58. The average Bonchev–Trinajstić information content (AvgIpc) is 3.42. The van der Waals surface area contributed by atoms with E-state index in [4.69, 9.17) is 4.52 Å². The van der Waals surface area contributed by atoms with E-state index < -0.39 is 0 Å². The number of carbonyl (C=O) groups is 2. The number of piperidine rings is 1. The van der Waals surface area contributed by atoms with Crippen LogP contribution < -0.4 is 4.90 Å². The zero-order valence-electron chi connectivity index (χ0n) is 18.5. The molecule has 0 radical (unpaired) electrons. The average molecular weight is 430 g/mol. The van der Waals surface area contributed by atoms with Gasteiger partial charge in [0.15, 0.2) is 5.82 Å². The van der Waals surface area contributed by atoms with Gasteiger partial charge in [-0.25, -0.2) is 0 Å². The number of rotatable bonds is 6. The van der Waals surface area contributed by atoms with Crippen molar-refractivity contribution in [3.63, 3.8) is 0 Å². The number of aryl methyl sites for hydroxylation is 2. The van der Waals surface area contributed by atoms with E-state index in [1.165, 1.54) is 0 Å². The summed E-state index contributed by atoms with van der Waals surface area (Å²) in [6.07, 6.45) is 6.26. The lowest BCUT2D eigenvalue weighted by atomic mass is 10.0. The molecule has 0 bridgehead atoms. The zero-order valence-corrected chi connectivity index (χ0v) is 18.5. The number of nitrogens with zero attached hydrogens (tertiary/aromatic N) is 7. The van der Waals surface area contributed by atoms with Gasteiger partial charge in [0.1, 0.15) is 0 Å². The van der Waals surface area contributed by atoms with Gasteiger partial charge in [0.05, 0.1) is 17.9 Å². The molecule has 0 aliphatic carbocycles. The van der Waals surface area contributed by atoms with Gasteiger partial charge in [-0.1, -0.05) is 19.0 Å². The Morgan fingerprint density at radius 1 is 1.23 bits per heavy atom. The van der Waals surface area contributed by atoms with Crippen LogP contribution in [-0.4, -0.2) is 80.3 Å². The van der Waals surface area contributed by atoms with Crippen molar-refractivity contribution in [2.75, 3.05) is 37.6 Å². The van der Waals surface area contributed by atoms with Crippen molar-refractivity contribution >= 4 is 17.5 Å². The zero-order chi connectivity index (χ0) is 22.0. The number of anilines is 1. The number of amides is 2. The van der Waals surface area contributed by atoms with Crippen LogP contribution in [0.1, 0.15) is 50.7 Å². The molecule has 0 saturated carbocycles. The summed E-state index contributed by atoms with van der Waals surface area (Å²) in [5, 5.41) is 8.14. The van der Waals surface area contributed by atoms with E-state index in [2.05, 4.69) is 20.1 Å². The summed E-state index contributed by atoms with van der Waals surface area (Å²) in [5.41, 5.74) is 0.854. The van der Waals surface area contributed by atoms with E-state index in [1.807, 2.05) is 36.9 Å². The van der Waals surface area contributed by atoms with Gasteiger partial charge in [0.2, 0.25) is 17.7 Å². The minimum absolute atomic E-state index is 0.0934. The minimum Gasteiger partial charge on any atom is -0.340 e. The second-order valence-electron chi connectivity index (χ2n) is 8.64. The maximum Gasteiger partial charge on any atom is 0.244 e. The summed E-state index contributed by atoms with van der Waals surface area (Å²) < 4.78 is 6.95. The molecule has 4 heterocycles. The molecule has 0 spiro atoms. The Morgan fingerprint density at radius 3 is 2.65 bits per heavy atom. The third-order valence-corrected chi connectivity index (χ3v) is 6.07. The van der Waals surface area contributed by atoms with Gasteiger partial charge in [-0.05, 0) is 12.8 Å². The lowest BCUT2D eigenvalue weighted by Gasteiger charge is -2.42. The monoisotopic (exact) mass is 429 g/mol. The molecule has 0 aromatic carbocycles. The Hall–Kier alpha value is -2.75. The SMILES string of the molecule is CC(C)c1noc(CCC(=O)N2CCN(C3CCCN(c4cnn(C)c4)C3=O)CC2)n1. The topological polar surface area (TPSA) is 101 Å². The van der Waals surface area contributed by atoms with E-state index in [0.717, 1.165) is 25.1 Å². The van der Waals surface area contributed by atoms with E-state index >= 15 is 0 Å². The Kier molecular flexibility index (Phi) is 6.35. The highest BCUT2D eigenvalue weighted by Gasteiger charge is 2.36. The summed E-state index contributed by atoms with van der Waals surface area (Å²) in [6.45, 7) is 7.43. The summed E-state index contributed by atoms with van der Waals surface area (Å²) in [7, 11) is 1.85. The fourth-order valence-corrected chi connectivity index (χ4v) is 4.26. The quantitative estimate of drug-likeness (QED) is 0.680. The van der Waals surface area contributed by atoms with Crippen molar-refractivity contribution in [1.82, 2.24) is 29.7 Å². The molecule has 0 N–H and O–H groups in total. The minimum atomic E-state index is -0.126. The van der Waals surface area contributed by atoms with Gasteiger partial charge in [-0.2, -0.15) is 10.1 Å². The van der Waals surface area contributed by atoms with Crippen molar-refractivity contribution in [3.8, 4) is 0 Å². The second kappa shape index (κ2) is 9.17. The predicted octanol–water partition coefficient (Wildman–Crippen LogP) is 1.20. The van der Waals surface area contributed by atoms with Crippen LogP contribution in [0.15, 0.2) is 16.9 Å². The first-order valence-corrected chi connectivity index (χ1v) is 11.1. The first-order valence-electron chi connectivity index (χ1n) is 11.1. The second-order valence-corrected chi connectivity index (χ2v) is 8.64. The Morgan fingerprint density at radius 2 is 2.00 bits per heavy atom. The third-order valence-electron chi connectivity index (χ3n) is 6.07. The van der Waals surface area contributed by atoms with Gasteiger partial charge in [0, 0.05) is 64.7 Å². The highest BCUT2D eigenvalue weighted by atomic mass is 16.5. The first kappa shape index (κ1) is 21.5. The third kappa shape index (κ3) is 4.79. The molecule has 2 aliphatic heterocycles. The van der Waals surface area contributed by atoms with Gasteiger partial charge >= 0.3 is 0 Å². The van der Waals surface area contributed by atoms with Crippen LogP contribution in [0, 0.1) is 0 Å². The van der Waals surface area contributed by atoms with Crippen molar-refractivity contribution < 1.29 is 14.1 Å². The van der Waals surface area contributed by atoms with E-state index in [-0.39, 0.29) is 23.8 Å². The summed E-state index contributed by atoms with van der Waals surface area (Å²) in [4.78, 5) is 36.0. The number of piperazine rings is 1. The lowest BCUT2D eigenvalue weighted by molar-refractivity contribution is -0.134. The molecule has 168 valence electrons. The van der Waals surface area contributed by atoms with Crippen molar-refractivity contribution in [2.24, 2.45) is 7.05 Å². The van der Waals surface area contributed by atoms with Gasteiger partial charge in [-0.3, -0.25) is 19.2 Å². The fraction of sp³-hybridized carbons (Fsp3) is 0.667. The molecule has 2 fully saturated rings. The van der Waals surface area contributed by atoms with Crippen LogP contribution in [0.2, 0.25) is 0 Å². The molecule has 2 aromatic heterocycles. The van der Waals surface area contributed by atoms with Crippen LogP contribution in [0.25, 0.3) is 0 Å². The first-order chi connectivity index (χ1) is 14.9. The van der Waals surface area contributed by atoms with Gasteiger partial charge < -0.3 is 14.3 Å². The summed E-state index contributed by atoms with van der Waals surface area (Å²) >= 11 is 0. The van der Waals surface area contributed by atoms with Crippen LogP contribution in [-0.2, 0) is 23.1 Å². The molecule has 2 aliphatic rings. The van der Waals surface area contributed by atoms with Gasteiger partial charge in [-0.15, -0.1) is 0 Å². The number of hydrogen-bond acceptors (Lipinski definition) is 7. The maximum absolute atomic E-state index is 13.1. The van der Waals surface area contributed by atoms with Crippen molar-refractivity contribution in [1.29, 1.82) is 0 Å². The smallest absolute Gasteiger partial charge is 0.244 e. The number of aromatic nitrogens is 4. The molecular weight excluding hydrogens is 398 g/mol.